The van der Waals surface area contributed by atoms with Gasteiger partial charge in [0.1, 0.15) is 11.5 Å². The van der Waals surface area contributed by atoms with Crippen LogP contribution in [0.5, 0.6) is 0 Å². The Kier molecular flexibility index (Phi) is 6.54. The van der Waals surface area contributed by atoms with Gasteiger partial charge in [0.15, 0.2) is 0 Å². The van der Waals surface area contributed by atoms with Crippen LogP contribution in [0.4, 0.5) is 10.1 Å². The molecule has 138 valence electrons. The number of carbonyl (C=O) groups is 2. The fraction of sp³-hybridized carbons (Fsp3) is 0.0526. The quantitative estimate of drug-likeness (QED) is 0.339. The van der Waals surface area contributed by atoms with Crippen molar-refractivity contribution in [3.8, 4) is 0 Å². The number of amides is 2. The summed E-state index contributed by atoms with van der Waals surface area (Å²) in [4.78, 5) is 34.7. The van der Waals surface area contributed by atoms with Crippen molar-refractivity contribution < 1.29 is 18.9 Å². The maximum atomic E-state index is 13.9. The number of nitrogens with one attached hydrogen (secondary N) is 2. The van der Waals surface area contributed by atoms with Crippen molar-refractivity contribution >= 4 is 23.6 Å². The molecule has 2 rings (SSSR count). The Morgan fingerprint density at radius 3 is 2.41 bits per heavy atom. The molecule has 7 nitrogen and oxygen atoms in total. The minimum atomic E-state index is -0.666. The molecule has 0 aromatic heterocycles. The van der Waals surface area contributed by atoms with Gasteiger partial charge in [-0.1, -0.05) is 24.3 Å². The number of nitrogens with zero attached hydrogens (tertiary/aromatic N) is 1. The van der Waals surface area contributed by atoms with Crippen LogP contribution in [0.1, 0.15) is 15.9 Å². The van der Waals surface area contributed by atoms with Gasteiger partial charge < -0.3 is 10.6 Å². The van der Waals surface area contributed by atoms with Gasteiger partial charge in [-0.05, 0) is 24.3 Å². The average molecular weight is 369 g/mol. The molecule has 2 amide bonds. The number of non-ortho nitro benzene ring substituents is 1. The van der Waals surface area contributed by atoms with Gasteiger partial charge in [-0.2, -0.15) is 0 Å². The van der Waals surface area contributed by atoms with E-state index < -0.39 is 22.6 Å². The molecule has 0 spiro atoms. The Morgan fingerprint density at radius 2 is 1.81 bits per heavy atom. The van der Waals surface area contributed by atoms with E-state index in [9.17, 15) is 24.1 Å². The van der Waals surface area contributed by atoms with Crippen LogP contribution in [-0.4, -0.2) is 23.3 Å². The first-order valence-corrected chi connectivity index (χ1v) is 7.83. The fourth-order valence-electron chi connectivity index (χ4n) is 2.10. The van der Waals surface area contributed by atoms with E-state index in [0.29, 0.717) is 0 Å². The lowest BCUT2D eigenvalue weighted by molar-refractivity contribution is -0.384. The molecule has 0 saturated heterocycles. The van der Waals surface area contributed by atoms with E-state index in [0.717, 1.165) is 0 Å². The van der Waals surface area contributed by atoms with Crippen molar-refractivity contribution in [1.82, 2.24) is 10.6 Å². The maximum absolute atomic E-state index is 13.9. The normalized spacial score (nSPS) is 10.8. The van der Waals surface area contributed by atoms with Crippen LogP contribution in [0.2, 0.25) is 0 Å². The highest BCUT2D eigenvalue weighted by Crippen LogP contribution is 2.14. The zero-order valence-electron chi connectivity index (χ0n) is 14.1. The molecule has 0 bridgehead atoms. The van der Waals surface area contributed by atoms with Gasteiger partial charge in [0.2, 0.25) is 0 Å². The summed E-state index contributed by atoms with van der Waals surface area (Å²) < 4.78 is 13.9. The monoisotopic (exact) mass is 369 g/mol. The summed E-state index contributed by atoms with van der Waals surface area (Å²) in [6.07, 6.45) is 2.66. The Labute approximate surface area is 154 Å². The minimum Gasteiger partial charge on any atom is -0.347 e. The molecule has 0 saturated carbocycles. The highest BCUT2D eigenvalue weighted by molar-refractivity contribution is 6.05. The van der Waals surface area contributed by atoms with E-state index in [1.54, 1.807) is 6.07 Å². The largest absolute Gasteiger partial charge is 0.347 e. The molecule has 27 heavy (non-hydrogen) atoms. The third-order valence-electron chi connectivity index (χ3n) is 3.45. The fourth-order valence-corrected chi connectivity index (χ4v) is 2.10. The van der Waals surface area contributed by atoms with Crippen LogP contribution in [-0.2, 0) is 4.79 Å². The number of hydrogen-bond donors (Lipinski definition) is 2. The van der Waals surface area contributed by atoms with Crippen molar-refractivity contribution in [2.45, 2.75) is 0 Å². The summed E-state index contributed by atoms with van der Waals surface area (Å²) in [5, 5.41) is 15.6. The number of benzene rings is 2. The Balaban J connectivity index is 2.29. The second-order valence-corrected chi connectivity index (χ2v) is 5.34. The third-order valence-corrected chi connectivity index (χ3v) is 3.45. The SMILES string of the molecule is C=CCNC(=O)/C(=C\c1ccccc1F)NC(=O)c1ccc([N+](=O)[O-])cc1. The van der Waals surface area contributed by atoms with E-state index in [2.05, 4.69) is 17.2 Å². The maximum Gasteiger partial charge on any atom is 0.269 e. The van der Waals surface area contributed by atoms with E-state index in [1.807, 2.05) is 0 Å². The highest BCUT2D eigenvalue weighted by Gasteiger charge is 2.16. The predicted octanol–water partition coefficient (Wildman–Crippen LogP) is 2.81. The summed E-state index contributed by atoms with van der Waals surface area (Å²) in [6, 6.07) is 10.6. The second-order valence-electron chi connectivity index (χ2n) is 5.34. The number of halogens is 1. The van der Waals surface area contributed by atoms with E-state index in [-0.39, 0.29) is 29.1 Å². The molecule has 0 aliphatic heterocycles. The lowest BCUT2D eigenvalue weighted by Crippen LogP contribution is -2.35. The van der Waals surface area contributed by atoms with Crippen LogP contribution >= 0.6 is 0 Å². The van der Waals surface area contributed by atoms with Gasteiger partial charge in [0.05, 0.1) is 4.92 Å². The standard InChI is InChI=1S/C19H16FN3O4/c1-2-11-21-19(25)17(12-14-5-3-4-6-16(14)20)22-18(24)13-7-9-15(10-8-13)23(26)27/h2-10,12H,1,11H2,(H,21,25)(H,22,24)/b17-12+. The number of rotatable bonds is 7. The molecule has 0 radical (unpaired) electrons. The van der Waals surface area contributed by atoms with Crippen molar-refractivity contribution in [2.75, 3.05) is 6.54 Å². The zero-order chi connectivity index (χ0) is 19.8. The summed E-state index contributed by atoms with van der Waals surface area (Å²) in [6.45, 7) is 3.64. The first-order valence-electron chi connectivity index (χ1n) is 7.83. The van der Waals surface area contributed by atoms with Gasteiger partial charge in [0.25, 0.3) is 17.5 Å². The van der Waals surface area contributed by atoms with Crippen molar-refractivity contribution in [3.63, 3.8) is 0 Å². The first kappa shape index (κ1) is 19.5. The van der Waals surface area contributed by atoms with Crippen LogP contribution in [0.15, 0.2) is 66.9 Å². The van der Waals surface area contributed by atoms with Crippen LogP contribution in [0, 0.1) is 15.9 Å². The molecule has 0 fully saturated rings. The summed E-state index contributed by atoms with van der Waals surface area (Å²) in [5.74, 6) is -1.86. The van der Waals surface area contributed by atoms with Crippen molar-refractivity contribution in [2.24, 2.45) is 0 Å². The smallest absolute Gasteiger partial charge is 0.269 e. The van der Waals surface area contributed by atoms with Gasteiger partial charge in [0, 0.05) is 29.8 Å². The number of hydrogen-bond acceptors (Lipinski definition) is 4. The topological polar surface area (TPSA) is 101 Å². The molecule has 0 unspecified atom stereocenters. The highest BCUT2D eigenvalue weighted by atomic mass is 19.1. The third kappa shape index (κ3) is 5.33. The summed E-state index contributed by atoms with van der Waals surface area (Å²) >= 11 is 0. The molecule has 0 aliphatic carbocycles. The van der Waals surface area contributed by atoms with E-state index in [4.69, 9.17) is 0 Å². The predicted molar refractivity (Wildman–Crippen MR) is 98.1 cm³/mol. The molecule has 0 aliphatic rings. The van der Waals surface area contributed by atoms with Crippen molar-refractivity contribution in [1.29, 1.82) is 0 Å². The number of carbonyl (C=O) groups excluding carboxylic acids is 2. The molecular weight excluding hydrogens is 353 g/mol. The van der Waals surface area contributed by atoms with Gasteiger partial charge >= 0.3 is 0 Å². The van der Waals surface area contributed by atoms with E-state index >= 15 is 0 Å². The molecule has 2 aromatic carbocycles. The second kappa shape index (κ2) is 9.04. The lowest BCUT2D eigenvalue weighted by atomic mass is 10.1. The number of nitro benzene ring substituents is 1. The van der Waals surface area contributed by atoms with Crippen LogP contribution in [0.3, 0.4) is 0 Å². The van der Waals surface area contributed by atoms with Gasteiger partial charge in [-0.15, -0.1) is 6.58 Å². The molecule has 0 heterocycles. The molecule has 0 atom stereocenters. The van der Waals surface area contributed by atoms with Crippen molar-refractivity contribution in [3.05, 3.63) is 93.9 Å². The Morgan fingerprint density at radius 1 is 1.15 bits per heavy atom. The van der Waals surface area contributed by atoms with E-state index in [1.165, 1.54) is 54.6 Å². The summed E-state index contributed by atoms with van der Waals surface area (Å²) in [7, 11) is 0. The zero-order valence-corrected chi connectivity index (χ0v) is 14.1. The Hall–Kier alpha value is -3.81. The average Bonchev–Trinajstić information content (AvgIpc) is 2.67. The molecular formula is C19H16FN3O4. The molecule has 2 aromatic rings. The van der Waals surface area contributed by atoms with Crippen LogP contribution in [0.25, 0.3) is 6.08 Å². The van der Waals surface area contributed by atoms with Gasteiger partial charge in [-0.25, -0.2) is 4.39 Å². The summed E-state index contributed by atoms with van der Waals surface area (Å²) in [5.41, 5.74) is -0.121. The van der Waals surface area contributed by atoms with Gasteiger partial charge in [-0.3, -0.25) is 19.7 Å². The lowest BCUT2D eigenvalue weighted by Gasteiger charge is -2.10. The first-order chi connectivity index (χ1) is 12.9. The minimum absolute atomic E-state index is 0.108. The number of nitro groups is 1. The molecule has 8 heteroatoms. The Bertz CT molecular complexity index is 907. The van der Waals surface area contributed by atoms with Crippen LogP contribution < -0.4 is 10.6 Å². The molecule has 2 N–H and O–H groups in total.